The van der Waals surface area contributed by atoms with Crippen LogP contribution in [-0.4, -0.2) is 55.7 Å². The highest BCUT2D eigenvalue weighted by Crippen LogP contribution is 2.29. The number of rotatable bonds is 14. The van der Waals surface area contributed by atoms with Gasteiger partial charge in [0.1, 0.15) is 5.75 Å². The predicted molar refractivity (Wildman–Crippen MR) is 168 cm³/mol. The number of hydrogen-bond acceptors (Lipinski definition) is 5. The molecule has 0 saturated heterocycles. The maximum absolute atomic E-state index is 13.5. The highest BCUT2D eigenvalue weighted by atomic mass is 35.5. The summed E-state index contributed by atoms with van der Waals surface area (Å²) in [6, 6.07) is 19.8. The molecule has 11 heteroatoms. The number of amides is 4. The zero-order valence-electron chi connectivity index (χ0n) is 24.5. The van der Waals surface area contributed by atoms with Gasteiger partial charge in [0, 0.05) is 30.0 Å². The molecule has 0 heterocycles. The largest absolute Gasteiger partial charge is 0.482 e. The molecule has 1 unspecified atom stereocenters. The van der Waals surface area contributed by atoms with E-state index in [1.807, 2.05) is 0 Å². The fourth-order valence-electron chi connectivity index (χ4n) is 4.16. The van der Waals surface area contributed by atoms with Gasteiger partial charge in [-0.3, -0.25) is 14.4 Å². The summed E-state index contributed by atoms with van der Waals surface area (Å²) in [5, 5.41) is 14.7. The van der Waals surface area contributed by atoms with Gasteiger partial charge in [0.2, 0.25) is 5.91 Å². The molecule has 3 N–H and O–H groups in total. The number of halogens is 1. The number of nitrogens with zero attached hydrogens (tertiary/aromatic N) is 2. The number of carbonyl (C=O) groups is 4. The number of para-hydroxylation sites is 2. The van der Waals surface area contributed by atoms with E-state index < -0.39 is 12.0 Å². The lowest BCUT2D eigenvalue weighted by Crippen LogP contribution is -2.42. The van der Waals surface area contributed by atoms with Gasteiger partial charge >= 0.3 is 12.0 Å². The number of urea groups is 1. The molecule has 0 radical (unpaired) electrons. The van der Waals surface area contributed by atoms with E-state index in [1.54, 1.807) is 84.7 Å². The van der Waals surface area contributed by atoms with Gasteiger partial charge < -0.3 is 30.3 Å². The molecule has 4 amide bonds. The number of carboxylic acids is 1. The van der Waals surface area contributed by atoms with E-state index in [-0.39, 0.29) is 31.4 Å². The summed E-state index contributed by atoms with van der Waals surface area (Å²) >= 11 is 6.07. The first-order valence-corrected chi connectivity index (χ1v) is 14.3. The minimum Gasteiger partial charge on any atom is -0.482 e. The van der Waals surface area contributed by atoms with Crippen LogP contribution in [0.1, 0.15) is 32.3 Å². The molecule has 43 heavy (non-hydrogen) atoms. The van der Waals surface area contributed by atoms with Crippen LogP contribution in [0.25, 0.3) is 0 Å². The molecule has 10 nitrogen and oxygen atoms in total. The van der Waals surface area contributed by atoms with Crippen molar-refractivity contribution in [1.29, 1.82) is 0 Å². The van der Waals surface area contributed by atoms with Crippen LogP contribution in [0.15, 0.2) is 72.8 Å². The summed E-state index contributed by atoms with van der Waals surface area (Å²) in [7, 11) is 1.63. The summed E-state index contributed by atoms with van der Waals surface area (Å²) < 4.78 is 5.92. The molecule has 0 aromatic heterocycles. The zero-order chi connectivity index (χ0) is 31.4. The van der Waals surface area contributed by atoms with Crippen LogP contribution in [0.3, 0.4) is 0 Å². The molecular formula is C32H37ClN4O6. The first-order chi connectivity index (χ1) is 20.6. The van der Waals surface area contributed by atoms with E-state index in [0.29, 0.717) is 45.9 Å². The van der Waals surface area contributed by atoms with Crippen molar-refractivity contribution in [2.45, 2.75) is 33.1 Å². The lowest BCUT2D eigenvalue weighted by atomic mass is 10.0. The lowest BCUT2D eigenvalue weighted by Gasteiger charge is -2.27. The molecule has 0 aliphatic rings. The molecule has 1 atom stereocenters. The first kappa shape index (κ1) is 32.9. The third-order valence-electron chi connectivity index (χ3n) is 6.86. The topological polar surface area (TPSA) is 128 Å². The first-order valence-electron chi connectivity index (χ1n) is 14.0. The average molecular weight is 609 g/mol. The second-order valence-corrected chi connectivity index (χ2v) is 10.6. The number of ether oxygens (including phenoxy) is 1. The van der Waals surface area contributed by atoms with Crippen molar-refractivity contribution in [2.24, 2.45) is 5.92 Å². The Hall–Kier alpha value is -4.57. The van der Waals surface area contributed by atoms with E-state index >= 15 is 0 Å². The van der Waals surface area contributed by atoms with Gasteiger partial charge in [0.25, 0.3) is 5.91 Å². The zero-order valence-corrected chi connectivity index (χ0v) is 25.3. The van der Waals surface area contributed by atoms with Gasteiger partial charge in [0.05, 0.1) is 18.7 Å². The summed E-state index contributed by atoms with van der Waals surface area (Å²) in [5.74, 6) is -0.943. The summed E-state index contributed by atoms with van der Waals surface area (Å²) in [5.41, 5.74) is 2.05. The maximum atomic E-state index is 13.5. The smallest absolute Gasteiger partial charge is 0.319 e. The fourth-order valence-corrected chi connectivity index (χ4v) is 4.35. The molecule has 228 valence electrons. The number of nitrogens with one attached hydrogen (secondary N) is 2. The molecule has 0 saturated carbocycles. The Bertz CT molecular complexity index is 1430. The van der Waals surface area contributed by atoms with Gasteiger partial charge in [-0.25, -0.2) is 4.79 Å². The number of benzene rings is 3. The Morgan fingerprint density at radius 2 is 1.72 bits per heavy atom. The van der Waals surface area contributed by atoms with Crippen molar-refractivity contribution < 1.29 is 29.0 Å². The quantitative estimate of drug-likeness (QED) is 0.219. The standard InChI is InChI=1S/C32H37ClN4O6/c1-4-22(2)15-16-37(29(38)20-34-32(42)35-25-11-7-9-23(17-25)18-31(40)41)27-13-5-6-14-28(27)43-21-30(39)36(3)26-12-8-10-24(33)19-26/h5-14,17,19,22H,4,15-16,18,20-21H2,1-3H3,(H,40,41)(H2,34,35,42). The summed E-state index contributed by atoms with van der Waals surface area (Å²) in [4.78, 5) is 52.9. The van der Waals surface area contributed by atoms with Crippen molar-refractivity contribution >= 4 is 52.5 Å². The van der Waals surface area contributed by atoms with E-state index in [0.717, 1.165) is 12.8 Å². The molecule has 3 aromatic carbocycles. The molecule has 0 aliphatic heterocycles. The van der Waals surface area contributed by atoms with E-state index in [4.69, 9.17) is 21.4 Å². The van der Waals surface area contributed by atoms with Crippen LogP contribution in [0, 0.1) is 5.92 Å². The summed E-state index contributed by atoms with van der Waals surface area (Å²) in [6.45, 7) is 3.99. The molecule has 0 bridgehead atoms. The molecule has 0 fully saturated rings. The second kappa shape index (κ2) is 16.2. The molecule has 0 spiro atoms. The third kappa shape index (κ3) is 10.3. The van der Waals surface area contributed by atoms with Gasteiger partial charge in [0.15, 0.2) is 6.61 Å². The Morgan fingerprint density at radius 3 is 2.44 bits per heavy atom. The predicted octanol–water partition coefficient (Wildman–Crippen LogP) is 5.60. The SMILES string of the molecule is CCC(C)CCN(C(=O)CNC(=O)Nc1cccc(CC(=O)O)c1)c1ccccc1OCC(=O)N(C)c1cccc(Cl)c1. The van der Waals surface area contributed by atoms with E-state index in [1.165, 1.54) is 4.90 Å². The van der Waals surface area contributed by atoms with Crippen molar-refractivity contribution in [3.05, 3.63) is 83.4 Å². The third-order valence-corrected chi connectivity index (χ3v) is 7.10. The van der Waals surface area contributed by atoms with Crippen LogP contribution >= 0.6 is 11.6 Å². The highest BCUT2D eigenvalue weighted by molar-refractivity contribution is 6.30. The number of hydrogen-bond donors (Lipinski definition) is 3. The molecular weight excluding hydrogens is 572 g/mol. The Labute approximate surface area is 256 Å². The van der Waals surface area contributed by atoms with Gasteiger partial charge in [-0.05, 0) is 60.4 Å². The van der Waals surface area contributed by atoms with E-state index in [9.17, 15) is 19.2 Å². The normalized spacial score (nSPS) is 11.3. The molecule has 3 aromatic rings. The van der Waals surface area contributed by atoms with Crippen LogP contribution < -0.4 is 25.2 Å². The fraction of sp³-hybridized carbons (Fsp3) is 0.312. The minimum absolute atomic E-state index is 0.176. The average Bonchev–Trinajstić information content (AvgIpc) is 2.98. The lowest BCUT2D eigenvalue weighted by molar-refractivity contribution is -0.136. The van der Waals surface area contributed by atoms with Crippen molar-refractivity contribution in [2.75, 3.05) is 41.9 Å². The Morgan fingerprint density at radius 1 is 0.977 bits per heavy atom. The molecule has 0 aliphatic carbocycles. The van der Waals surface area contributed by atoms with Crippen LogP contribution in [-0.2, 0) is 20.8 Å². The highest BCUT2D eigenvalue weighted by Gasteiger charge is 2.22. The second-order valence-electron chi connectivity index (χ2n) is 10.1. The van der Waals surface area contributed by atoms with Gasteiger partial charge in [-0.1, -0.05) is 62.2 Å². The number of aliphatic carboxylic acids is 1. The maximum Gasteiger partial charge on any atom is 0.319 e. The number of carboxylic acid groups (broad SMARTS) is 1. The van der Waals surface area contributed by atoms with Gasteiger partial charge in [-0.15, -0.1) is 0 Å². The summed E-state index contributed by atoms with van der Waals surface area (Å²) in [6.07, 6.45) is 1.48. The van der Waals surface area contributed by atoms with Crippen molar-refractivity contribution in [3.8, 4) is 5.75 Å². The van der Waals surface area contributed by atoms with Crippen molar-refractivity contribution in [1.82, 2.24) is 5.32 Å². The van der Waals surface area contributed by atoms with Crippen molar-refractivity contribution in [3.63, 3.8) is 0 Å². The number of carbonyl (C=O) groups excluding carboxylic acids is 3. The van der Waals surface area contributed by atoms with Crippen LogP contribution in [0.4, 0.5) is 21.9 Å². The monoisotopic (exact) mass is 608 g/mol. The Kier molecular flexibility index (Phi) is 12.4. The van der Waals surface area contributed by atoms with E-state index in [2.05, 4.69) is 24.5 Å². The Balaban J connectivity index is 1.70. The minimum atomic E-state index is -0.980. The van der Waals surface area contributed by atoms with Crippen LogP contribution in [0.5, 0.6) is 5.75 Å². The van der Waals surface area contributed by atoms with Gasteiger partial charge in [-0.2, -0.15) is 0 Å². The van der Waals surface area contributed by atoms with Crippen LogP contribution in [0.2, 0.25) is 5.02 Å². The number of likely N-dealkylation sites (N-methyl/N-ethyl adjacent to an activating group) is 1. The number of anilines is 3. The molecule has 3 rings (SSSR count).